The summed E-state index contributed by atoms with van der Waals surface area (Å²) in [6.07, 6.45) is 0.662. The molecule has 0 aliphatic carbocycles. The Bertz CT molecular complexity index is 648. The second-order valence-electron chi connectivity index (χ2n) is 5.57. The van der Waals surface area contributed by atoms with Crippen molar-refractivity contribution in [2.24, 2.45) is 0 Å². The molecule has 8 heteroatoms. The Morgan fingerprint density at radius 2 is 1.90 bits per heavy atom. The summed E-state index contributed by atoms with van der Waals surface area (Å²) < 4.78 is 53.3. The number of nitrogen functional groups attached to an aromatic ring is 1. The van der Waals surface area contributed by atoms with Crippen LogP contribution in [0.5, 0.6) is 0 Å². The molecular formula is C13H18F2N2O2S2. The monoisotopic (exact) mass is 336 g/mol. The maximum Gasteiger partial charge on any atom is 0.246 e. The number of benzene rings is 1. The van der Waals surface area contributed by atoms with Crippen molar-refractivity contribution >= 4 is 27.5 Å². The van der Waals surface area contributed by atoms with Crippen LogP contribution in [-0.4, -0.2) is 36.3 Å². The van der Waals surface area contributed by atoms with Crippen LogP contribution in [0.2, 0.25) is 0 Å². The van der Waals surface area contributed by atoms with E-state index in [-0.39, 0.29) is 10.4 Å². The first-order chi connectivity index (χ1) is 9.63. The molecule has 1 saturated heterocycles. The van der Waals surface area contributed by atoms with Gasteiger partial charge in [0.2, 0.25) is 10.0 Å². The molecule has 1 aliphatic rings. The van der Waals surface area contributed by atoms with Crippen LogP contribution in [0, 0.1) is 11.6 Å². The van der Waals surface area contributed by atoms with Gasteiger partial charge in [0, 0.05) is 29.7 Å². The van der Waals surface area contributed by atoms with E-state index in [1.165, 1.54) is 4.31 Å². The van der Waals surface area contributed by atoms with Gasteiger partial charge in [-0.2, -0.15) is 16.1 Å². The fourth-order valence-corrected chi connectivity index (χ4v) is 4.86. The molecular weight excluding hydrogens is 318 g/mol. The zero-order valence-corrected chi connectivity index (χ0v) is 13.5. The van der Waals surface area contributed by atoms with E-state index in [1.54, 1.807) is 11.8 Å². The van der Waals surface area contributed by atoms with Crippen LogP contribution in [0.3, 0.4) is 0 Å². The molecule has 0 radical (unpaired) electrons. The lowest BCUT2D eigenvalue weighted by Gasteiger charge is -2.22. The van der Waals surface area contributed by atoms with Gasteiger partial charge in [-0.05, 0) is 12.5 Å². The van der Waals surface area contributed by atoms with E-state index in [4.69, 9.17) is 5.73 Å². The van der Waals surface area contributed by atoms with Crippen LogP contribution in [0.15, 0.2) is 17.0 Å². The molecule has 1 aromatic carbocycles. The molecule has 4 nitrogen and oxygen atoms in total. The molecule has 0 bridgehead atoms. The van der Waals surface area contributed by atoms with Gasteiger partial charge in [0.25, 0.3) is 0 Å². The van der Waals surface area contributed by atoms with Crippen molar-refractivity contribution < 1.29 is 17.2 Å². The van der Waals surface area contributed by atoms with Gasteiger partial charge >= 0.3 is 0 Å². The van der Waals surface area contributed by atoms with E-state index >= 15 is 0 Å². The van der Waals surface area contributed by atoms with Gasteiger partial charge in [-0.3, -0.25) is 0 Å². The lowest BCUT2D eigenvalue weighted by Crippen LogP contribution is -2.34. The zero-order chi connectivity index (χ0) is 15.8. The number of anilines is 1. The Kier molecular flexibility index (Phi) is 4.51. The van der Waals surface area contributed by atoms with Crippen LogP contribution in [0.25, 0.3) is 0 Å². The van der Waals surface area contributed by atoms with E-state index in [1.807, 2.05) is 13.8 Å². The van der Waals surface area contributed by atoms with Crippen molar-refractivity contribution in [1.29, 1.82) is 0 Å². The summed E-state index contributed by atoms with van der Waals surface area (Å²) in [5.74, 6) is -1.44. The fraction of sp³-hybridized carbons (Fsp3) is 0.538. The normalized spacial score (nSPS) is 20.2. The Balaban J connectivity index is 2.36. The summed E-state index contributed by atoms with van der Waals surface area (Å²) in [4.78, 5) is -0.564. The first-order valence-electron chi connectivity index (χ1n) is 6.52. The third kappa shape index (κ3) is 3.49. The Labute approximate surface area is 127 Å². The van der Waals surface area contributed by atoms with E-state index in [0.717, 1.165) is 6.07 Å². The van der Waals surface area contributed by atoms with Crippen molar-refractivity contribution in [3.63, 3.8) is 0 Å². The third-order valence-corrected chi connectivity index (χ3v) is 6.75. The zero-order valence-electron chi connectivity index (χ0n) is 11.9. The number of sulfonamides is 1. The number of halogens is 2. The second-order valence-corrected chi connectivity index (χ2v) is 9.27. The number of rotatable bonds is 2. The topological polar surface area (TPSA) is 63.4 Å². The molecule has 1 heterocycles. The maximum atomic E-state index is 13.8. The average molecular weight is 336 g/mol. The summed E-state index contributed by atoms with van der Waals surface area (Å²) in [6.45, 7) is 4.70. The molecule has 1 aromatic rings. The third-order valence-electron chi connectivity index (χ3n) is 3.47. The molecule has 1 fully saturated rings. The molecule has 118 valence electrons. The quantitative estimate of drug-likeness (QED) is 0.843. The summed E-state index contributed by atoms with van der Waals surface area (Å²) in [5, 5.41) is 0. The maximum absolute atomic E-state index is 13.8. The summed E-state index contributed by atoms with van der Waals surface area (Å²) in [5.41, 5.74) is 4.99. The van der Waals surface area contributed by atoms with E-state index in [2.05, 4.69) is 0 Å². The van der Waals surface area contributed by atoms with E-state index in [0.29, 0.717) is 31.3 Å². The Hall–Kier alpha value is -0.860. The Morgan fingerprint density at radius 3 is 2.57 bits per heavy atom. The second kappa shape index (κ2) is 5.73. The smallest absolute Gasteiger partial charge is 0.246 e. The molecule has 1 aliphatic heterocycles. The molecule has 2 N–H and O–H groups in total. The van der Waals surface area contributed by atoms with Gasteiger partial charge in [0.15, 0.2) is 0 Å². The highest BCUT2D eigenvalue weighted by molar-refractivity contribution is 8.00. The molecule has 0 saturated carbocycles. The predicted molar refractivity (Wildman–Crippen MR) is 80.7 cm³/mol. The molecule has 0 aromatic heterocycles. The van der Waals surface area contributed by atoms with Crippen LogP contribution < -0.4 is 5.73 Å². The highest BCUT2D eigenvalue weighted by atomic mass is 32.2. The number of hydrogen-bond acceptors (Lipinski definition) is 4. The minimum absolute atomic E-state index is 0.0232. The highest BCUT2D eigenvalue weighted by Gasteiger charge is 2.32. The molecule has 0 atom stereocenters. The predicted octanol–water partition coefficient (Wildman–Crippen LogP) is 2.45. The summed E-state index contributed by atoms with van der Waals surface area (Å²) >= 11 is 1.68. The van der Waals surface area contributed by atoms with Crippen molar-refractivity contribution in [1.82, 2.24) is 4.31 Å². The standard InChI is InChI=1S/C13H18F2N2O2S2/c1-13(2)3-4-17(5-6-20-13)21(18,19)12-8-11(16)9(14)7-10(12)15/h7-8H,3-6,16H2,1-2H3. The van der Waals surface area contributed by atoms with Crippen LogP contribution in [-0.2, 0) is 10.0 Å². The number of nitrogens with zero attached hydrogens (tertiary/aromatic N) is 1. The highest BCUT2D eigenvalue weighted by Crippen LogP contribution is 2.33. The number of nitrogens with two attached hydrogens (primary N) is 1. The van der Waals surface area contributed by atoms with Gasteiger partial charge in [0.1, 0.15) is 16.5 Å². The molecule has 0 amide bonds. The van der Waals surface area contributed by atoms with E-state index < -0.39 is 26.6 Å². The largest absolute Gasteiger partial charge is 0.396 e. The van der Waals surface area contributed by atoms with Gasteiger partial charge in [-0.25, -0.2) is 17.2 Å². The minimum Gasteiger partial charge on any atom is -0.396 e. The Morgan fingerprint density at radius 1 is 1.24 bits per heavy atom. The van der Waals surface area contributed by atoms with Crippen molar-refractivity contribution in [3.8, 4) is 0 Å². The van der Waals surface area contributed by atoms with Crippen molar-refractivity contribution in [2.75, 3.05) is 24.6 Å². The molecule has 21 heavy (non-hydrogen) atoms. The first kappa shape index (κ1) is 16.5. The minimum atomic E-state index is -4.01. The average Bonchev–Trinajstić information content (AvgIpc) is 2.55. The van der Waals surface area contributed by atoms with Gasteiger partial charge in [-0.15, -0.1) is 0 Å². The van der Waals surface area contributed by atoms with Gasteiger partial charge in [-0.1, -0.05) is 13.8 Å². The molecule has 2 rings (SSSR count). The SMILES string of the molecule is CC1(C)CCN(S(=O)(=O)c2cc(N)c(F)cc2F)CCS1. The van der Waals surface area contributed by atoms with Gasteiger partial charge < -0.3 is 5.73 Å². The van der Waals surface area contributed by atoms with E-state index in [9.17, 15) is 17.2 Å². The lowest BCUT2D eigenvalue weighted by atomic mass is 10.1. The molecule has 0 spiro atoms. The number of hydrogen-bond donors (Lipinski definition) is 1. The van der Waals surface area contributed by atoms with Gasteiger partial charge in [0.05, 0.1) is 5.69 Å². The molecule has 0 unspecified atom stereocenters. The number of thioether (sulfide) groups is 1. The summed E-state index contributed by atoms with van der Waals surface area (Å²) in [7, 11) is -4.01. The van der Waals surface area contributed by atoms with Crippen molar-refractivity contribution in [2.45, 2.75) is 29.9 Å². The lowest BCUT2D eigenvalue weighted by molar-refractivity contribution is 0.411. The fourth-order valence-electron chi connectivity index (χ4n) is 2.12. The first-order valence-corrected chi connectivity index (χ1v) is 8.95. The van der Waals surface area contributed by atoms with Crippen molar-refractivity contribution in [3.05, 3.63) is 23.8 Å². The summed E-state index contributed by atoms with van der Waals surface area (Å²) in [6, 6.07) is 1.36. The van der Waals surface area contributed by atoms with Crippen LogP contribution in [0.1, 0.15) is 20.3 Å². The van der Waals surface area contributed by atoms with Crippen LogP contribution in [0.4, 0.5) is 14.5 Å². The van der Waals surface area contributed by atoms with Crippen LogP contribution >= 0.6 is 11.8 Å².